The van der Waals surface area contributed by atoms with Gasteiger partial charge in [0.2, 0.25) is 0 Å². The van der Waals surface area contributed by atoms with Gasteiger partial charge in [-0.1, -0.05) is 43.3 Å². The van der Waals surface area contributed by atoms with Gasteiger partial charge in [0, 0.05) is 23.3 Å². The highest BCUT2D eigenvalue weighted by Gasteiger charge is 2.28. The Labute approximate surface area is 175 Å². The van der Waals surface area contributed by atoms with Crippen LogP contribution in [-0.4, -0.2) is 30.0 Å². The highest BCUT2D eigenvalue weighted by Crippen LogP contribution is 2.32. The van der Waals surface area contributed by atoms with Gasteiger partial charge in [-0.05, 0) is 54.9 Å². The van der Waals surface area contributed by atoms with E-state index < -0.39 is 5.97 Å². The Hall–Kier alpha value is -3.21. The molecule has 0 N–H and O–H groups in total. The first-order valence-corrected chi connectivity index (χ1v) is 10.6. The first kappa shape index (κ1) is 18.8. The molecule has 0 fully saturated rings. The lowest BCUT2D eigenvalue weighted by molar-refractivity contribution is -0.121. The lowest BCUT2D eigenvalue weighted by Gasteiger charge is -2.24. The molecule has 152 valence electrons. The van der Waals surface area contributed by atoms with Crippen molar-refractivity contribution in [3.8, 4) is 0 Å². The number of hydrogen-bond donors (Lipinski definition) is 0. The number of esters is 1. The average Bonchev–Trinajstić information content (AvgIpc) is 3.20. The molecular weight excluding hydrogens is 376 g/mol. The first-order valence-electron chi connectivity index (χ1n) is 10.6. The molecule has 1 aliphatic carbocycles. The third-order valence-corrected chi connectivity index (χ3v) is 6.22. The van der Waals surface area contributed by atoms with E-state index in [9.17, 15) is 9.59 Å². The second-order valence-electron chi connectivity index (χ2n) is 8.28. The Kier molecular flexibility index (Phi) is 4.74. The second kappa shape index (κ2) is 7.56. The minimum atomic E-state index is -0.431. The van der Waals surface area contributed by atoms with E-state index in [0.717, 1.165) is 59.1 Å². The molecule has 0 saturated heterocycles. The van der Waals surface area contributed by atoms with Gasteiger partial charge in [-0.3, -0.25) is 9.78 Å². The summed E-state index contributed by atoms with van der Waals surface area (Å²) >= 11 is 0. The number of fused-ring (bicyclic) bond motifs is 3. The minimum Gasteiger partial charge on any atom is -0.452 e. The van der Waals surface area contributed by atoms with Gasteiger partial charge in [-0.15, -0.1) is 0 Å². The number of anilines is 1. The van der Waals surface area contributed by atoms with Gasteiger partial charge in [0.1, 0.15) is 0 Å². The Bertz CT molecular complexity index is 1150. The van der Waals surface area contributed by atoms with Crippen molar-refractivity contribution in [1.82, 2.24) is 4.98 Å². The van der Waals surface area contributed by atoms with E-state index in [1.807, 2.05) is 48.5 Å². The zero-order valence-electron chi connectivity index (χ0n) is 17.1. The minimum absolute atomic E-state index is 0.186. The average molecular weight is 400 g/mol. The van der Waals surface area contributed by atoms with Crippen LogP contribution < -0.4 is 4.90 Å². The number of rotatable bonds is 3. The molecule has 1 atom stereocenters. The third-order valence-electron chi connectivity index (χ3n) is 6.22. The molecule has 1 aromatic heterocycles. The number of aryl methyl sites for hydroxylation is 1. The maximum Gasteiger partial charge on any atom is 0.339 e. The standard InChI is InChI=1S/C25H24N2O3/c1-16-10-11-21-19(14-16)24(18-7-3-4-8-20(18)26-21)25(29)30-15-23(28)27-13-12-17-6-2-5-9-22(17)27/h2-9,16H,10-15H2,1H3/t16-/m0/s1. The maximum atomic E-state index is 13.2. The van der Waals surface area contributed by atoms with E-state index in [2.05, 4.69) is 6.92 Å². The van der Waals surface area contributed by atoms with Crippen molar-refractivity contribution in [2.24, 2.45) is 5.92 Å². The number of hydrogen-bond acceptors (Lipinski definition) is 4. The predicted octanol–water partition coefficient (Wildman–Crippen LogP) is 4.11. The monoisotopic (exact) mass is 400 g/mol. The summed E-state index contributed by atoms with van der Waals surface area (Å²) in [6.07, 6.45) is 3.58. The fraction of sp³-hybridized carbons (Fsp3) is 0.320. The van der Waals surface area contributed by atoms with Crippen molar-refractivity contribution in [3.63, 3.8) is 0 Å². The Balaban J connectivity index is 1.42. The van der Waals surface area contributed by atoms with Crippen LogP contribution in [0.2, 0.25) is 0 Å². The lowest BCUT2D eigenvalue weighted by atomic mass is 9.84. The van der Waals surface area contributed by atoms with Gasteiger partial charge in [0.25, 0.3) is 5.91 Å². The van der Waals surface area contributed by atoms with Gasteiger partial charge in [0.15, 0.2) is 6.61 Å². The van der Waals surface area contributed by atoms with Crippen molar-refractivity contribution in [2.75, 3.05) is 18.1 Å². The number of benzene rings is 2. The second-order valence-corrected chi connectivity index (χ2v) is 8.28. The van der Waals surface area contributed by atoms with E-state index in [1.54, 1.807) is 4.90 Å². The van der Waals surface area contributed by atoms with E-state index in [0.29, 0.717) is 18.0 Å². The summed E-state index contributed by atoms with van der Waals surface area (Å²) in [7, 11) is 0. The Morgan fingerprint density at radius 3 is 2.80 bits per heavy atom. The molecule has 5 heteroatoms. The molecule has 5 nitrogen and oxygen atoms in total. The molecule has 0 radical (unpaired) electrons. The van der Waals surface area contributed by atoms with Crippen LogP contribution in [0.4, 0.5) is 5.69 Å². The highest BCUT2D eigenvalue weighted by atomic mass is 16.5. The van der Waals surface area contributed by atoms with Crippen LogP contribution in [0.25, 0.3) is 10.9 Å². The summed E-state index contributed by atoms with van der Waals surface area (Å²) < 4.78 is 5.57. The zero-order valence-corrected chi connectivity index (χ0v) is 17.1. The van der Waals surface area contributed by atoms with E-state index in [4.69, 9.17) is 9.72 Å². The SMILES string of the molecule is C[C@H]1CCc2nc3ccccc3c(C(=O)OCC(=O)N3CCc4ccccc43)c2C1. The summed E-state index contributed by atoms with van der Waals surface area (Å²) in [4.78, 5) is 32.5. The smallest absolute Gasteiger partial charge is 0.339 e. The molecule has 0 unspecified atom stereocenters. The number of ether oxygens (including phenoxy) is 1. The number of nitrogens with zero attached hydrogens (tertiary/aromatic N) is 2. The van der Waals surface area contributed by atoms with Gasteiger partial charge >= 0.3 is 5.97 Å². The van der Waals surface area contributed by atoms with Gasteiger partial charge < -0.3 is 9.64 Å². The Morgan fingerprint density at radius 1 is 1.10 bits per heavy atom. The summed E-state index contributed by atoms with van der Waals surface area (Å²) in [6.45, 7) is 2.57. The van der Waals surface area contributed by atoms with Crippen molar-refractivity contribution in [1.29, 1.82) is 0 Å². The van der Waals surface area contributed by atoms with E-state index >= 15 is 0 Å². The maximum absolute atomic E-state index is 13.2. The number of amides is 1. The molecule has 2 heterocycles. The Morgan fingerprint density at radius 2 is 1.90 bits per heavy atom. The molecule has 2 aromatic carbocycles. The summed E-state index contributed by atoms with van der Waals surface area (Å²) in [5.74, 6) is -0.122. The number of pyridine rings is 1. The van der Waals surface area contributed by atoms with Crippen molar-refractivity contribution >= 4 is 28.5 Å². The summed E-state index contributed by atoms with van der Waals surface area (Å²) in [6, 6.07) is 15.6. The molecule has 0 saturated carbocycles. The van der Waals surface area contributed by atoms with Crippen molar-refractivity contribution in [2.45, 2.75) is 32.6 Å². The largest absolute Gasteiger partial charge is 0.452 e. The number of aromatic nitrogens is 1. The quantitative estimate of drug-likeness (QED) is 0.621. The molecule has 30 heavy (non-hydrogen) atoms. The van der Waals surface area contributed by atoms with E-state index in [-0.39, 0.29) is 12.5 Å². The third kappa shape index (κ3) is 3.24. The molecular formula is C25H24N2O3. The molecule has 0 bridgehead atoms. The van der Waals surface area contributed by atoms with Crippen LogP contribution in [-0.2, 0) is 28.8 Å². The summed E-state index contributed by atoms with van der Waals surface area (Å²) in [5, 5.41) is 0.800. The van der Waals surface area contributed by atoms with Crippen LogP contribution in [0.15, 0.2) is 48.5 Å². The van der Waals surface area contributed by atoms with Crippen molar-refractivity contribution < 1.29 is 14.3 Å². The molecule has 1 amide bonds. The normalized spacial score (nSPS) is 17.5. The lowest BCUT2D eigenvalue weighted by Crippen LogP contribution is -2.33. The summed E-state index contributed by atoms with van der Waals surface area (Å²) in [5.41, 5.74) is 5.42. The number of carbonyl (C=O) groups excluding carboxylic acids is 2. The fourth-order valence-corrected chi connectivity index (χ4v) is 4.67. The van der Waals surface area contributed by atoms with Crippen LogP contribution in [0.3, 0.4) is 0 Å². The zero-order chi connectivity index (χ0) is 20.7. The molecule has 0 spiro atoms. The predicted molar refractivity (Wildman–Crippen MR) is 116 cm³/mol. The first-order chi connectivity index (χ1) is 14.6. The van der Waals surface area contributed by atoms with Gasteiger partial charge in [0.05, 0.1) is 11.1 Å². The van der Waals surface area contributed by atoms with Gasteiger partial charge in [-0.25, -0.2) is 4.79 Å². The number of para-hydroxylation sites is 2. The van der Waals surface area contributed by atoms with Crippen LogP contribution in [0.5, 0.6) is 0 Å². The highest BCUT2D eigenvalue weighted by molar-refractivity contribution is 6.06. The molecule has 5 rings (SSSR count). The fourth-order valence-electron chi connectivity index (χ4n) is 4.67. The number of carbonyl (C=O) groups is 2. The van der Waals surface area contributed by atoms with Crippen molar-refractivity contribution in [3.05, 3.63) is 70.9 Å². The van der Waals surface area contributed by atoms with E-state index in [1.165, 1.54) is 0 Å². The topological polar surface area (TPSA) is 59.5 Å². The molecule has 2 aliphatic rings. The van der Waals surface area contributed by atoms with Gasteiger partial charge in [-0.2, -0.15) is 0 Å². The van der Waals surface area contributed by atoms with Crippen LogP contribution >= 0.6 is 0 Å². The van der Waals surface area contributed by atoms with Crippen LogP contribution in [0, 0.1) is 5.92 Å². The van der Waals surface area contributed by atoms with Crippen LogP contribution in [0.1, 0.15) is 40.5 Å². The molecule has 3 aromatic rings. The molecule has 1 aliphatic heterocycles.